The van der Waals surface area contributed by atoms with Gasteiger partial charge in [-0.15, -0.1) is 0 Å². The Morgan fingerprint density at radius 1 is 0.926 bits per heavy atom. The van der Waals surface area contributed by atoms with Crippen molar-refractivity contribution in [1.82, 2.24) is 4.98 Å². The maximum Gasteiger partial charge on any atom is 0.338 e. The van der Waals surface area contributed by atoms with Crippen molar-refractivity contribution in [2.45, 2.75) is 6.92 Å². The van der Waals surface area contributed by atoms with Gasteiger partial charge >= 0.3 is 5.97 Å². The molecule has 0 unspecified atom stereocenters. The molecule has 0 spiro atoms. The number of anilines is 3. The number of amides is 1. The fraction of sp³-hybridized carbons (Fsp3) is 0.0952. The van der Waals surface area contributed by atoms with E-state index < -0.39 is 5.97 Å². The van der Waals surface area contributed by atoms with Crippen molar-refractivity contribution in [3.8, 4) is 0 Å². The van der Waals surface area contributed by atoms with Crippen LogP contribution in [0.3, 0.4) is 0 Å². The van der Waals surface area contributed by atoms with Gasteiger partial charge in [-0.25, -0.2) is 4.79 Å². The minimum absolute atomic E-state index is 0.283. The lowest BCUT2D eigenvalue weighted by atomic mass is 10.2. The standard InChI is InChI=1S/C21H19N3O3/c1-2-27-21(26)15-8-10-17(11-9-15)24-20(25)19-14-18(12-13-22-19)23-16-6-4-3-5-7-16/h3-14H,2H2,1H3,(H,22,23)(H,24,25). The van der Waals surface area contributed by atoms with Crippen LogP contribution < -0.4 is 10.6 Å². The number of para-hydroxylation sites is 1. The van der Waals surface area contributed by atoms with Crippen LogP contribution in [0.2, 0.25) is 0 Å². The zero-order valence-corrected chi connectivity index (χ0v) is 14.8. The average Bonchev–Trinajstić information content (AvgIpc) is 2.70. The molecule has 0 atom stereocenters. The van der Waals surface area contributed by atoms with E-state index in [0.717, 1.165) is 11.4 Å². The minimum Gasteiger partial charge on any atom is -0.462 e. The number of nitrogens with zero attached hydrogens (tertiary/aromatic N) is 1. The predicted molar refractivity (Wildman–Crippen MR) is 104 cm³/mol. The van der Waals surface area contributed by atoms with Gasteiger partial charge in [0.25, 0.3) is 5.91 Å². The van der Waals surface area contributed by atoms with Gasteiger partial charge in [0, 0.05) is 23.3 Å². The molecule has 3 aromatic rings. The first kappa shape index (κ1) is 18.1. The Labute approximate surface area is 157 Å². The van der Waals surface area contributed by atoms with Crippen molar-refractivity contribution in [3.63, 3.8) is 0 Å². The molecule has 0 fully saturated rings. The lowest BCUT2D eigenvalue weighted by molar-refractivity contribution is 0.0526. The Hall–Kier alpha value is -3.67. The second kappa shape index (κ2) is 8.62. The summed E-state index contributed by atoms with van der Waals surface area (Å²) in [6, 6.07) is 19.6. The highest BCUT2D eigenvalue weighted by atomic mass is 16.5. The molecule has 0 radical (unpaired) electrons. The summed E-state index contributed by atoms with van der Waals surface area (Å²) in [6.45, 7) is 2.07. The maximum atomic E-state index is 12.4. The van der Waals surface area contributed by atoms with Gasteiger partial charge in [0.05, 0.1) is 12.2 Å². The van der Waals surface area contributed by atoms with Gasteiger partial charge in [-0.3, -0.25) is 9.78 Å². The third-order valence-corrected chi connectivity index (χ3v) is 3.71. The fourth-order valence-corrected chi connectivity index (χ4v) is 2.42. The van der Waals surface area contributed by atoms with Crippen molar-refractivity contribution in [2.75, 3.05) is 17.2 Å². The Bertz CT molecular complexity index is 925. The molecule has 6 heteroatoms. The van der Waals surface area contributed by atoms with Gasteiger partial charge in [0.1, 0.15) is 5.69 Å². The highest BCUT2D eigenvalue weighted by Gasteiger charge is 2.10. The summed E-state index contributed by atoms with van der Waals surface area (Å²) >= 11 is 0. The molecule has 3 rings (SSSR count). The SMILES string of the molecule is CCOC(=O)c1ccc(NC(=O)c2cc(Nc3ccccc3)ccn2)cc1. The van der Waals surface area contributed by atoms with Crippen LogP contribution in [0.1, 0.15) is 27.8 Å². The number of esters is 1. The van der Waals surface area contributed by atoms with E-state index in [-0.39, 0.29) is 11.6 Å². The number of hydrogen-bond donors (Lipinski definition) is 2. The summed E-state index contributed by atoms with van der Waals surface area (Å²) in [6.07, 6.45) is 1.57. The van der Waals surface area contributed by atoms with Gasteiger partial charge in [-0.2, -0.15) is 0 Å². The second-order valence-electron chi connectivity index (χ2n) is 5.67. The van der Waals surface area contributed by atoms with Crippen molar-refractivity contribution >= 4 is 28.9 Å². The maximum absolute atomic E-state index is 12.4. The number of ether oxygens (including phenoxy) is 1. The van der Waals surface area contributed by atoms with Crippen LogP contribution in [0, 0.1) is 0 Å². The van der Waals surface area contributed by atoms with E-state index in [9.17, 15) is 9.59 Å². The molecule has 0 aliphatic carbocycles. The third kappa shape index (κ3) is 4.92. The van der Waals surface area contributed by atoms with E-state index in [0.29, 0.717) is 17.9 Å². The van der Waals surface area contributed by atoms with E-state index in [1.54, 1.807) is 49.5 Å². The van der Waals surface area contributed by atoms with Crippen molar-refractivity contribution in [1.29, 1.82) is 0 Å². The molecule has 0 aliphatic heterocycles. The Balaban J connectivity index is 1.67. The monoisotopic (exact) mass is 361 g/mol. The minimum atomic E-state index is -0.392. The van der Waals surface area contributed by atoms with E-state index in [1.807, 2.05) is 30.3 Å². The van der Waals surface area contributed by atoms with Gasteiger partial charge in [0.15, 0.2) is 0 Å². The molecule has 0 aliphatic rings. The van der Waals surface area contributed by atoms with Gasteiger partial charge in [-0.1, -0.05) is 18.2 Å². The second-order valence-corrected chi connectivity index (χ2v) is 5.67. The van der Waals surface area contributed by atoms with E-state index >= 15 is 0 Å². The molecular formula is C21H19N3O3. The van der Waals surface area contributed by atoms with Crippen LogP contribution in [0.25, 0.3) is 0 Å². The molecule has 2 aromatic carbocycles. The predicted octanol–water partition coefficient (Wildman–Crippen LogP) is 4.25. The number of rotatable bonds is 6. The van der Waals surface area contributed by atoms with Crippen molar-refractivity contribution in [2.24, 2.45) is 0 Å². The molecule has 0 bridgehead atoms. The summed E-state index contributed by atoms with van der Waals surface area (Å²) in [5, 5.41) is 5.99. The van der Waals surface area contributed by atoms with Gasteiger partial charge in [-0.05, 0) is 55.5 Å². The molecule has 1 aromatic heterocycles. The van der Waals surface area contributed by atoms with Gasteiger partial charge < -0.3 is 15.4 Å². The number of carbonyl (C=O) groups excluding carboxylic acids is 2. The normalized spacial score (nSPS) is 10.1. The zero-order chi connectivity index (χ0) is 19.1. The Morgan fingerprint density at radius 3 is 2.37 bits per heavy atom. The summed E-state index contributed by atoms with van der Waals surface area (Å²) in [5.74, 6) is -0.729. The highest BCUT2D eigenvalue weighted by Crippen LogP contribution is 2.17. The average molecular weight is 361 g/mol. The number of nitrogens with one attached hydrogen (secondary N) is 2. The lowest BCUT2D eigenvalue weighted by Gasteiger charge is -2.09. The fourth-order valence-electron chi connectivity index (χ4n) is 2.42. The first-order chi connectivity index (χ1) is 13.2. The van der Waals surface area contributed by atoms with Crippen LogP contribution in [-0.4, -0.2) is 23.5 Å². The summed E-state index contributed by atoms with van der Waals surface area (Å²) in [7, 11) is 0. The van der Waals surface area contributed by atoms with E-state index in [4.69, 9.17) is 4.74 Å². The number of hydrogen-bond acceptors (Lipinski definition) is 5. The number of benzene rings is 2. The van der Waals surface area contributed by atoms with Crippen LogP contribution in [-0.2, 0) is 4.74 Å². The Morgan fingerprint density at radius 2 is 1.67 bits per heavy atom. The first-order valence-electron chi connectivity index (χ1n) is 8.52. The number of carbonyl (C=O) groups is 2. The van der Waals surface area contributed by atoms with Crippen LogP contribution in [0.15, 0.2) is 72.9 Å². The zero-order valence-electron chi connectivity index (χ0n) is 14.8. The first-order valence-corrected chi connectivity index (χ1v) is 8.52. The Kier molecular flexibility index (Phi) is 5.79. The molecule has 2 N–H and O–H groups in total. The molecule has 27 heavy (non-hydrogen) atoms. The number of aromatic nitrogens is 1. The van der Waals surface area contributed by atoms with Crippen molar-refractivity contribution in [3.05, 3.63) is 84.2 Å². The quantitative estimate of drug-likeness (QED) is 0.642. The third-order valence-electron chi connectivity index (χ3n) is 3.71. The summed E-state index contributed by atoms with van der Waals surface area (Å²) in [5.41, 5.74) is 2.97. The van der Waals surface area contributed by atoms with E-state index in [2.05, 4.69) is 15.6 Å². The lowest BCUT2D eigenvalue weighted by Crippen LogP contribution is -2.14. The molecule has 136 valence electrons. The summed E-state index contributed by atoms with van der Waals surface area (Å²) < 4.78 is 4.94. The molecular weight excluding hydrogens is 342 g/mol. The van der Waals surface area contributed by atoms with Crippen molar-refractivity contribution < 1.29 is 14.3 Å². The number of pyridine rings is 1. The molecule has 1 heterocycles. The molecule has 0 saturated heterocycles. The van der Waals surface area contributed by atoms with Crippen LogP contribution >= 0.6 is 0 Å². The van der Waals surface area contributed by atoms with E-state index in [1.165, 1.54) is 0 Å². The van der Waals surface area contributed by atoms with Gasteiger partial charge in [0.2, 0.25) is 0 Å². The highest BCUT2D eigenvalue weighted by molar-refractivity contribution is 6.03. The summed E-state index contributed by atoms with van der Waals surface area (Å²) in [4.78, 5) is 28.2. The van der Waals surface area contributed by atoms with Crippen LogP contribution in [0.4, 0.5) is 17.1 Å². The molecule has 1 amide bonds. The molecule has 6 nitrogen and oxygen atoms in total. The molecule has 0 saturated carbocycles. The largest absolute Gasteiger partial charge is 0.462 e. The van der Waals surface area contributed by atoms with Crippen LogP contribution in [0.5, 0.6) is 0 Å². The topological polar surface area (TPSA) is 80.3 Å². The smallest absolute Gasteiger partial charge is 0.338 e.